The Hall–Kier alpha value is -1.46. The molecule has 2 aliphatic carbocycles. The summed E-state index contributed by atoms with van der Waals surface area (Å²) in [5, 5.41) is 15.8. The summed E-state index contributed by atoms with van der Waals surface area (Å²) in [6.45, 7) is 1.07. The van der Waals surface area contributed by atoms with Crippen LogP contribution in [0.25, 0.3) is 0 Å². The molecule has 0 amide bonds. The van der Waals surface area contributed by atoms with Gasteiger partial charge in [-0.25, -0.2) is 33.1 Å². The van der Waals surface area contributed by atoms with E-state index in [9.17, 15) is 14.8 Å². The van der Waals surface area contributed by atoms with Gasteiger partial charge in [0.1, 0.15) is 18.1 Å². The number of rotatable bonds is 0. The molecule has 7 fully saturated rings. The van der Waals surface area contributed by atoms with E-state index in [0.717, 1.165) is 12.8 Å². The van der Waals surface area contributed by atoms with Crippen LogP contribution < -0.4 is 11.4 Å². The normalized spacial score (nSPS) is 60.9. The van der Waals surface area contributed by atoms with E-state index >= 15 is 0 Å². The molecule has 2 saturated carbocycles. The fraction of sp³-hybridized carbons (Fsp3) is 0.867. The highest BCUT2D eigenvalue weighted by Crippen LogP contribution is 2.83. The van der Waals surface area contributed by atoms with Crippen molar-refractivity contribution in [1.82, 2.24) is 19.1 Å². The number of ether oxygens (including phenoxy) is 1. The number of hydrogen-bond donors (Lipinski definition) is 0. The minimum atomic E-state index is -0.461. The lowest BCUT2D eigenvalue weighted by Gasteiger charge is -2.69. The first-order valence-corrected chi connectivity index (χ1v) is 9.05. The van der Waals surface area contributed by atoms with Gasteiger partial charge in [-0.15, -0.1) is 0 Å². The quantitative estimate of drug-likeness (QED) is 0.407. The van der Waals surface area contributed by atoms with Crippen LogP contribution in [0.15, 0.2) is 9.59 Å². The second-order valence-corrected chi connectivity index (χ2v) is 8.92. The van der Waals surface area contributed by atoms with Gasteiger partial charge in [-0.2, -0.15) is 0 Å². The first kappa shape index (κ1) is 12.8. The molecule has 1 aromatic heterocycles. The third kappa shape index (κ3) is 0.778. The summed E-state index contributed by atoms with van der Waals surface area (Å²) < 4.78 is 9.99. The zero-order valence-electron chi connectivity index (χ0n) is 13.6. The number of nitrogens with zero attached hydrogens (tertiary/aromatic N) is 5. The molecule has 132 valence electrons. The average molecular weight is 347 g/mol. The molecule has 7 aliphatic heterocycles. The van der Waals surface area contributed by atoms with E-state index in [1.807, 2.05) is 0 Å². The van der Waals surface area contributed by atoms with Crippen molar-refractivity contribution in [3.63, 3.8) is 0 Å². The molecule has 0 radical (unpaired) electrons. The van der Waals surface area contributed by atoms with Gasteiger partial charge >= 0.3 is 11.4 Å². The zero-order chi connectivity index (χ0) is 16.7. The molecule has 1 spiro atoms. The van der Waals surface area contributed by atoms with Crippen LogP contribution in [-0.4, -0.2) is 61.3 Å². The molecular weight excluding hydrogens is 330 g/mol. The van der Waals surface area contributed by atoms with Crippen LogP contribution in [0.4, 0.5) is 0 Å². The fourth-order valence-corrected chi connectivity index (χ4v) is 8.50. The summed E-state index contributed by atoms with van der Waals surface area (Å²) in [5.41, 5.74) is -1.26. The molecule has 0 N–H and O–H groups in total. The van der Waals surface area contributed by atoms with Crippen LogP contribution in [0.2, 0.25) is 0 Å². The van der Waals surface area contributed by atoms with Crippen LogP contribution in [0, 0.1) is 16.0 Å². The number of fused-ring (bicyclic) bond motifs is 1. The molecule has 9 atom stereocenters. The maximum atomic E-state index is 14.1. The predicted octanol–water partition coefficient (Wildman–Crippen LogP) is -1.77. The van der Waals surface area contributed by atoms with E-state index in [0.29, 0.717) is 13.2 Å². The lowest BCUT2D eigenvalue weighted by molar-refractivity contribution is -1.05. The van der Waals surface area contributed by atoms with Crippen molar-refractivity contribution in [3.05, 3.63) is 26.2 Å². The second-order valence-electron chi connectivity index (χ2n) is 8.92. The first-order valence-electron chi connectivity index (χ1n) is 9.05. The predicted molar refractivity (Wildman–Crippen MR) is 78.6 cm³/mol. The first-order chi connectivity index (χ1) is 12.0. The highest BCUT2D eigenvalue weighted by Gasteiger charge is 2.97. The van der Waals surface area contributed by atoms with E-state index in [1.54, 1.807) is 14.5 Å². The molecule has 10 heteroatoms. The van der Waals surface area contributed by atoms with Gasteiger partial charge in [0.2, 0.25) is 0 Å². The molecule has 8 heterocycles. The average Bonchev–Trinajstić information content (AvgIpc) is 3.27. The number of hydroxylamine groups is 3. The van der Waals surface area contributed by atoms with Crippen molar-refractivity contribution < 1.29 is 14.3 Å². The lowest BCUT2D eigenvalue weighted by Crippen LogP contribution is -2.82. The van der Waals surface area contributed by atoms with Crippen molar-refractivity contribution in [1.29, 1.82) is 0 Å². The van der Waals surface area contributed by atoms with Crippen molar-refractivity contribution in [2.24, 2.45) is 17.9 Å². The van der Waals surface area contributed by atoms with Crippen LogP contribution in [0.5, 0.6) is 0 Å². The third-order valence-electron chi connectivity index (χ3n) is 8.88. The number of quaternary nitrogens is 1. The van der Waals surface area contributed by atoms with Gasteiger partial charge < -0.3 is 9.94 Å². The van der Waals surface area contributed by atoms with Gasteiger partial charge in [0.25, 0.3) is 0 Å². The standard InChI is InChI=1S/C15H17N5O5/c1-16-12(21)17-10-8-9-11(18(17)13(16)22)14-4-24-5-15(10,14)7-3-2-6(14)19(25-9)20(7,8)23/h6-11H,2-5H2,1H3. The Kier molecular flexibility index (Phi) is 1.57. The lowest BCUT2D eigenvalue weighted by atomic mass is 9.44. The summed E-state index contributed by atoms with van der Waals surface area (Å²) in [4.78, 5) is 31.9. The monoisotopic (exact) mass is 347 g/mol. The maximum absolute atomic E-state index is 14.1. The summed E-state index contributed by atoms with van der Waals surface area (Å²) in [7, 11) is 1.52. The SMILES string of the molecule is Cn1c(=O)n2n(c1=O)C1C3C4ON5C6CCC(C17COCC67C42)[N+]35[O-]. The number of aromatic nitrogens is 3. The third-order valence-corrected chi connectivity index (χ3v) is 8.88. The molecule has 25 heavy (non-hydrogen) atoms. The minimum absolute atomic E-state index is 0.0373. The van der Waals surface area contributed by atoms with Gasteiger partial charge in [-0.3, -0.25) is 0 Å². The smallest absolute Gasteiger partial charge is 0.347 e. The molecule has 7 bridgehead atoms. The van der Waals surface area contributed by atoms with Crippen LogP contribution in [0.3, 0.4) is 0 Å². The molecular formula is C15H17N5O5. The highest BCUT2D eigenvalue weighted by molar-refractivity contribution is 5.34. The van der Waals surface area contributed by atoms with Gasteiger partial charge in [0, 0.05) is 13.5 Å². The minimum Gasteiger partial charge on any atom is -0.609 e. The summed E-state index contributed by atoms with van der Waals surface area (Å²) in [5.74, 6) is 0. The van der Waals surface area contributed by atoms with E-state index in [4.69, 9.17) is 9.57 Å². The van der Waals surface area contributed by atoms with Crippen molar-refractivity contribution in [3.8, 4) is 0 Å². The Morgan fingerprint density at radius 3 is 2.64 bits per heavy atom. The van der Waals surface area contributed by atoms with E-state index in [-0.39, 0.29) is 58.5 Å². The van der Waals surface area contributed by atoms with Crippen LogP contribution >= 0.6 is 0 Å². The Bertz CT molecular complexity index is 1020. The Labute approximate surface area is 140 Å². The number of hydrogen-bond acceptors (Lipinski definition) is 6. The van der Waals surface area contributed by atoms with Crippen LogP contribution in [-0.2, 0) is 16.6 Å². The van der Waals surface area contributed by atoms with E-state index < -0.39 is 4.76 Å². The van der Waals surface area contributed by atoms with Gasteiger partial charge in [-0.05, 0) is 11.6 Å². The van der Waals surface area contributed by atoms with Crippen molar-refractivity contribution in [2.45, 2.75) is 49.2 Å². The molecule has 0 aromatic carbocycles. The Balaban J connectivity index is 1.63. The Morgan fingerprint density at radius 1 is 1.12 bits per heavy atom. The molecule has 9 aliphatic rings. The molecule has 9 unspecified atom stereocenters. The largest absolute Gasteiger partial charge is 0.609 e. The highest BCUT2D eigenvalue weighted by atomic mass is 16.9. The fourth-order valence-electron chi connectivity index (χ4n) is 8.50. The topological polar surface area (TPSA) is 93.7 Å². The van der Waals surface area contributed by atoms with Gasteiger partial charge in [0.05, 0.1) is 30.1 Å². The summed E-state index contributed by atoms with van der Waals surface area (Å²) >= 11 is 0. The second kappa shape index (κ2) is 3.05. The molecule has 1 aromatic rings. The van der Waals surface area contributed by atoms with Crippen molar-refractivity contribution >= 4 is 0 Å². The van der Waals surface area contributed by atoms with Gasteiger partial charge in [0.15, 0.2) is 12.1 Å². The van der Waals surface area contributed by atoms with E-state index in [1.165, 1.54) is 11.6 Å². The zero-order valence-corrected chi connectivity index (χ0v) is 13.6. The molecule has 10 rings (SSSR count). The van der Waals surface area contributed by atoms with Gasteiger partial charge in [-0.1, -0.05) is 0 Å². The molecule has 10 nitrogen and oxygen atoms in total. The summed E-state index contributed by atoms with van der Waals surface area (Å²) in [6, 6.07) is -1.11. The van der Waals surface area contributed by atoms with Crippen molar-refractivity contribution in [2.75, 3.05) is 13.2 Å². The summed E-state index contributed by atoms with van der Waals surface area (Å²) in [6.07, 6.45) is 1.40. The van der Waals surface area contributed by atoms with Crippen LogP contribution in [0.1, 0.15) is 24.9 Å². The van der Waals surface area contributed by atoms with E-state index in [2.05, 4.69) is 0 Å². The maximum Gasteiger partial charge on any atom is 0.347 e. The Morgan fingerprint density at radius 2 is 1.84 bits per heavy atom. The molecule has 5 saturated heterocycles.